The Kier molecular flexibility index (Phi) is 3.97. The van der Waals surface area contributed by atoms with E-state index in [0.717, 1.165) is 11.5 Å². The molecule has 0 saturated carbocycles. The molecule has 1 aromatic carbocycles. The molecule has 100 valence electrons. The van der Waals surface area contributed by atoms with Crippen LogP contribution in [0, 0.1) is 17.0 Å². The topological polar surface area (TPSA) is 68.3 Å². The first-order chi connectivity index (χ1) is 9.08. The van der Waals surface area contributed by atoms with Gasteiger partial charge in [0.25, 0.3) is 5.69 Å². The van der Waals surface area contributed by atoms with E-state index in [4.69, 9.17) is 4.42 Å². The second-order valence-corrected chi connectivity index (χ2v) is 4.43. The number of benzene rings is 1. The van der Waals surface area contributed by atoms with Crippen molar-refractivity contribution in [1.82, 2.24) is 5.32 Å². The van der Waals surface area contributed by atoms with Gasteiger partial charge in [-0.1, -0.05) is 18.2 Å². The van der Waals surface area contributed by atoms with E-state index < -0.39 is 0 Å². The van der Waals surface area contributed by atoms with Gasteiger partial charge in [0, 0.05) is 17.7 Å². The van der Waals surface area contributed by atoms with Crippen molar-refractivity contribution < 1.29 is 9.34 Å². The first kappa shape index (κ1) is 13.3. The Morgan fingerprint density at radius 3 is 2.68 bits per heavy atom. The second kappa shape index (κ2) is 5.67. The van der Waals surface area contributed by atoms with E-state index >= 15 is 0 Å². The summed E-state index contributed by atoms with van der Waals surface area (Å²) in [5.74, 6) is 1.68. The Hall–Kier alpha value is -2.14. The molecule has 19 heavy (non-hydrogen) atoms. The number of para-hydroxylation sites is 1. The van der Waals surface area contributed by atoms with Crippen LogP contribution in [0.1, 0.15) is 30.0 Å². The van der Waals surface area contributed by atoms with Crippen LogP contribution in [0.2, 0.25) is 0 Å². The fourth-order valence-electron chi connectivity index (χ4n) is 1.96. The van der Waals surface area contributed by atoms with Gasteiger partial charge in [-0.25, -0.2) is 0 Å². The number of nitro benzene ring substituents is 1. The highest BCUT2D eigenvalue weighted by atomic mass is 16.6. The van der Waals surface area contributed by atoms with Crippen molar-refractivity contribution in [2.75, 3.05) is 0 Å². The lowest BCUT2D eigenvalue weighted by Gasteiger charge is -2.13. The minimum Gasteiger partial charge on any atom is -0.465 e. The number of nitrogens with zero attached hydrogens (tertiary/aromatic N) is 1. The van der Waals surface area contributed by atoms with Crippen molar-refractivity contribution in [1.29, 1.82) is 0 Å². The highest BCUT2D eigenvalue weighted by molar-refractivity contribution is 5.41. The maximum absolute atomic E-state index is 11.0. The van der Waals surface area contributed by atoms with E-state index in [0.29, 0.717) is 12.1 Å². The Morgan fingerprint density at radius 2 is 2.05 bits per heavy atom. The summed E-state index contributed by atoms with van der Waals surface area (Å²) in [5.41, 5.74) is 0.814. The van der Waals surface area contributed by atoms with Crippen molar-refractivity contribution in [2.45, 2.75) is 26.4 Å². The normalized spacial score (nSPS) is 12.3. The standard InChI is InChI=1S/C14H16N2O3/c1-10-7-8-12(19-10)9-15-11(2)13-5-3-4-6-14(13)16(17)18/h3-8,11,15H,9H2,1-2H3. The zero-order valence-electron chi connectivity index (χ0n) is 10.9. The highest BCUT2D eigenvalue weighted by Crippen LogP contribution is 2.24. The minimum absolute atomic E-state index is 0.119. The van der Waals surface area contributed by atoms with Gasteiger partial charge in [0.1, 0.15) is 11.5 Å². The van der Waals surface area contributed by atoms with Crippen molar-refractivity contribution >= 4 is 5.69 Å². The molecule has 0 bridgehead atoms. The summed E-state index contributed by atoms with van der Waals surface area (Å²) in [7, 11) is 0. The van der Waals surface area contributed by atoms with Gasteiger partial charge in [-0.15, -0.1) is 0 Å². The number of aryl methyl sites for hydroxylation is 1. The molecule has 1 N–H and O–H groups in total. The molecular weight excluding hydrogens is 244 g/mol. The summed E-state index contributed by atoms with van der Waals surface area (Å²) in [6, 6.07) is 10.4. The SMILES string of the molecule is Cc1ccc(CNC(C)c2ccccc2[N+](=O)[O-])o1. The molecule has 1 atom stereocenters. The van der Waals surface area contributed by atoms with Crippen LogP contribution in [0.15, 0.2) is 40.8 Å². The second-order valence-electron chi connectivity index (χ2n) is 4.43. The summed E-state index contributed by atoms with van der Waals surface area (Å²) in [6.07, 6.45) is 0. The van der Waals surface area contributed by atoms with Crippen LogP contribution in [0.5, 0.6) is 0 Å². The van der Waals surface area contributed by atoms with Crippen LogP contribution in [0.3, 0.4) is 0 Å². The van der Waals surface area contributed by atoms with Gasteiger partial charge in [0.15, 0.2) is 0 Å². The predicted octanol–water partition coefficient (Wildman–Crippen LogP) is 3.35. The highest BCUT2D eigenvalue weighted by Gasteiger charge is 2.17. The molecule has 0 aliphatic heterocycles. The van der Waals surface area contributed by atoms with Crippen LogP contribution in [0.4, 0.5) is 5.69 Å². The molecule has 0 fully saturated rings. The van der Waals surface area contributed by atoms with Crippen molar-refractivity contribution in [3.05, 3.63) is 63.6 Å². The molecular formula is C14H16N2O3. The zero-order valence-corrected chi connectivity index (χ0v) is 10.9. The van der Waals surface area contributed by atoms with Crippen LogP contribution in [-0.4, -0.2) is 4.92 Å². The van der Waals surface area contributed by atoms with Crippen LogP contribution >= 0.6 is 0 Å². The lowest BCUT2D eigenvalue weighted by Crippen LogP contribution is -2.18. The third-order valence-corrected chi connectivity index (χ3v) is 2.98. The molecule has 0 amide bonds. The Balaban J connectivity index is 2.07. The van der Waals surface area contributed by atoms with E-state index in [1.54, 1.807) is 18.2 Å². The van der Waals surface area contributed by atoms with Crippen molar-refractivity contribution in [3.63, 3.8) is 0 Å². The molecule has 2 rings (SSSR count). The van der Waals surface area contributed by atoms with Crippen molar-refractivity contribution in [2.24, 2.45) is 0 Å². The molecule has 5 nitrogen and oxygen atoms in total. The number of hydrogen-bond donors (Lipinski definition) is 1. The number of furan rings is 1. The van der Waals surface area contributed by atoms with Crippen molar-refractivity contribution in [3.8, 4) is 0 Å². The van der Waals surface area contributed by atoms with Crippen LogP contribution in [-0.2, 0) is 6.54 Å². The van der Waals surface area contributed by atoms with Gasteiger partial charge < -0.3 is 9.73 Å². The fourth-order valence-corrected chi connectivity index (χ4v) is 1.96. The van der Waals surface area contributed by atoms with Crippen LogP contribution < -0.4 is 5.32 Å². The number of nitrogens with one attached hydrogen (secondary N) is 1. The van der Waals surface area contributed by atoms with E-state index in [9.17, 15) is 10.1 Å². The monoisotopic (exact) mass is 260 g/mol. The van der Waals surface area contributed by atoms with Gasteiger partial charge in [-0.05, 0) is 26.0 Å². The van der Waals surface area contributed by atoms with Crippen LogP contribution in [0.25, 0.3) is 0 Å². The van der Waals surface area contributed by atoms with Gasteiger partial charge in [-0.2, -0.15) is 0 Å². The molecule has 1 unspecified atom stereocenters. The summed E-state index contributed by atoms with van der Waals surface area (Å²) >= 11 is 0. The maximum atomic E-state index is 11.0. The third-order valence-electron chi connectivity index (χ3n) is 2.98. The largest absolute Gasteiger partial charge is 0.465 e. The van der Waals surface area contributed by atoms with E-state index in [1.807, 2.05) is 26.0 Å². The number of nitro groups is 1. The molecule has 0 saturated heterocycles. The maximum Gasteiger partial charge on any atom is 0.274 e. The molecule has 0 aliphatic carbocycles. The quantitative estimate of drug-likeness (QED) is 0.661. The lowest BCUT2D eigenvalue weighted by atomic mass is 10.1. The summed E-state index contributed by atoms with van der Waals surface area (Å²) < 4.78 is 5.45. The Bertz CT molecular complexity index is 578. The Morgan fingerprint density at radius 1 is 1.32 bits per heavy atom. The van der Waals surface area contributed by atoms with Gasteiger partial charge >= 0.3 is 0 Å². The Labute approximate surface area is 111 Å². The summed E-state index contributed by atoms with van der Waals surface area (Å²) in [4.78, 5) is 10.6. The zero-order chi connectivity index (χ0) is 13.8. The molecule has 0 aliphatic rings. The summed E-state index contributed by atoms with van der Waals surface area (Å²) in [5, 5.41) is 14.2. The molecule has 1 aromatic heterocycles. The van der Waals surface area contributed by atoms with E-state index in [1.165, 1.54) is 6.07 Å². The minimum atomic E-state index is -0.357. The lowest BCUT2D eigenvalue weighted by molar-refractivity contribution is -0.385. The smallest absolute Gasteiger partial charge is 0.274 e. The fraction of sp³-hybridized carbons (Fsp3) is 0.286. The predicted molar refractivity (Wildman–Crippen MR) is 71.8 cm³/mol. The first-order valence-corrected chi connectivity index (χ1v) is 6.10. The van der Waals surface area contributed by atoms with Gasteiger partial charge in [0.2, 0.25) is 0 Å². The first-order valence-electron chi connectivity index (χ1n) is 6.10. The third kappa shape index (κ3) is 3.20. The summed E-state index contributed by atoms with van der Waals surface area (Å²) in [6.45, 7) is 4.33. The van der Waals surface area contributed by atoms with E-state index in [-0.39, 0.29) is 16.7 Å². The van der Waals surface area contributed by atoms with Gasteiger partial charge in [0.05, 0.1) is 11.5 Å². The molecule has 2 aromatic rings. The average Bonchev–Trinajstić information content (AvgIpc) is 2.81. The molecule has 1 heterocycles. The number of rotatable bonds is 5. The van der Waals surface area contributed by atoms with E-state index in [2.05, 4.69) is 5.32 Å². The number of hydrogen-bond acceptors (Lipinski definition) is 4. The molecule has 0 spiro atoms. The average molecular weight is 260 g/mol. The van der Waals surface area contributed by atoms with Gasteiger partial charge in [-0.3, -0.25) is 10.1 Å². The molecule has 0 radical (unpaired) electrons. The molecule has 5 heteroatoms.